The van der Waals surface area contributed by atoms with Crippen molar-refractivity contribution in [2.45, 2.75) is 13.8 Å². The molecule has 0 N–H and O–H groups in total. The normalized spacial score (nSPS) is 18.6. The third-order valence-corrected chi connectivity index (χ3v) is 3.79. The molecule has 0 spiro atoms. The van der Waals surface area contributed by atoms with E-state index in [0.29, 0.717) is 5.75 Å². The molecule has 0 bridgehead atoms. The smallest absolute Gasteiger partial charge is 0.243 e. The monoisotopic (exact) mass is 234 g/mol. The van der Waals surface area contributed by atoms with E-state index in [4.69, 9.17) is 0 Å². The molecule has 0 radical (unpaired) electrons. The number of thioether (sulfide) groups is 1. The van der Waals surface area contributed by atoms with E-state index < -0.39 is 0 Å². The summed E-state index contributed by atoms with van der Waals surface area (Å²) in [6, 6.07) is 5.99. The molecule has 0 saturated carbocycles. The molecule has 4 heteroatoms. The van der Waals surface area contributed by atoms with Crippen LogP contribution < -0.4 is 4.90 Å². The number of amidine groups is 1. The van der Waals surface area contributed by atoms with Gasteiger partial charge in [-0.25, -0.2) is 0 Å². The maximum Gasteiger partial charge on any atom is 0.243 e. The number of anilines is 1. The summed E-state index contributed by atoms with van der Waals surface area (Å²) in [6.45, 7) is 4.09. The third-order valence-electron chi connectivity index (χ3n) is 2.77. The Hall–Kier alpha value is -1.29. The largest absolute Gasteiger partial charge is 0.273 e. The highest BCUT2D eigenvalue weighted by Crippen LogP contribution is 2.30. The minimum Gasteiger partial charge on any atom is -0.273 e. The van der Waals surface area contributed by atoms with Crippen LogP contribution in [0.3, 0.4) is 0 Å². The fourth-order valence-corrected chi connectivity index (χ4v) is 2.58. The van der Waals surface area contributed by atoms with E-state index in [9.17, 15) is 4.79 Å². The van der Waals surface area contributed by atoms with Crippen LogP contribution in [0.1, 0.15) is 11.1 Å². The van der Waals surface area contributed by atoms with Crippen LogP contribution in [0.25, 0.3) is 0 Å². The molecule has 1 aromatic rings. The molecule has 1 heterocycles. The van der Waals surface area contributed by atoms with Crippen molar-refractivity contribution in [1.82, 2.24) is 0 Å². The number of carbonyl (C=O) groups is 1. The number of hydrogen-bond acceptors (Lipinski definition) is 3. The van der Waals surface area contributed by atoms with Crippen molar-refractivity contribution in [2.24, 2.45) is 4.99 Å². The first-order valence-electron chi connectivity index (χ1n) is 5.14. The Morgan fingerprint density at radius 2 is 2.12 bits per heavy atom. The molecule has 16 heavy (non-hydrogen) atoms. The standard InChI is InChI=1S/C12H14N2OS/c1-8-5-4-6-10(9(8)2)14-11(15)7-16-12(14)13-3/h4-6H,7H2,1-3H3/b13-12-. The van der Waals surface area contributed by atoms with Crippen molar-refractivity contribution in [2.75, 3.05) is 17.7 Å². The van der Waals surface area contributed by atoms with Gasteiger partial charge in [0.1, 0.15) is 0 Å². The van der Waals surface area contributed by atoms with Crippen molar-refractivity contribution in [3.05, 3.63) is 29.3 Å². The lowest BCUT2D eigenvalue weighted by Crippen LogP contribution is -2.29. The van der Waals surface area contributed by atoms with E-state index in [1.54, 1.807) is 11.9 Å². The fourth-order valence-electron chi connectivity index (χ4n) is 1.74. The van der Waals surface area contributed by atoms with Crippen molar-refractivity contribution < 1.29 is 4.79 Å². The molecule has 1 saturated heterocycles. The summed E-state index contributed by atoms with van der Waals surface area (Å²) in [5, 5.41) is 0.790. The molecular formula is C12H14N2OS. The molecule has 0 aliphatic carbocycles. The number of nitrogens with zero attached hydrogens (tertiary/aromatic N) is 2. The van der Waals surface area contributed by atoms with Gasteiger partial charge >= 0.3 is 0 Å². The predicted octanol–water partition coefficient (Wildman–Crippen LogP) is 2.37. The lowest BCUT2D eigenvalue weighted by Gasteiger charge is -2.19. The Labute approximate surface area is 99.6 Å². The number of hydrogen-bond donors (Lipinski definition) is 0. The second-order valence-corrected chi connectivity index (χ2v) is 4.69. The molecule has 3 nitrogen and oxygen atoms in total. The van der Waals surface area contributed by atoms with Crippen LogP contribution in [-0.2, 0) is 4.79 Å². The Morgan fingerprint density at radius 3 is 2.81 bits per heavy atom. The summed E-state index contributed by atoms with van der Waals surface area (Å²) < 4.78 is 0. The van der Waals surface area contributed by atoms with Gasteiger partial charge in [0.2, 0.25) is 5.91 Å². The van der Waals surface area contributed by atoms with Crippen LogP contribution in [0.2, 0.25) is 0 Å². The van der Waals surface area contributed by atoms with Gasteiger partial charge in [-0.1, -0.05) is 23.9 Å². The predicted molar refractivity (Wildman–Crippen MR) is 69.2 cm³/mol. The first-order valence-corrected chi connectivity index (χ1v) is 6.12. The summed E-state index contributed by atoms with van der Waals surface area (Å²) in [6.07, 6.45) is 0. The lowest BCUT2D eigenvalue weighted by molar-refractivity contribution is -0.115. The zero-order valence-electron chi connectivity index (χ0n) is 9.65. The highest BCUT2D eigenvalue weighted by atomic mass is 32.2. The maximum atomic E-state index is 11.8. The molecular weight excluding hydrogens is 220 g/mol. The molecule has 1 aliphatic rings. The van der Waals surface area contributed by atoms with Crippen LogP contribution in [0, 0.1) is 13.8 Å². The van der Waals surface area contributed by atoms with Gasteiger partial charge in [0.25, 0.3) is 0 Å². The summed E-state index contributed by atoms with van der Waals surface area (Å²) in [4.78, 5) is 17.7. The Bertz CT molecular complexity index is 468. The van der Waals surface area contributed by atoms with E-state index in [-0.39, 0.29) is 5.91 Å². The quantitative estimate of drug-likeness (QED) is 0.747. The van der Waals surface area contributed by atoms with Gasteiger partial charge in [0.15, 0.2) is 5.17 Å². The molecule has 2 rings (SSSR count). The molecule has 1 aromatic carbocycles. The van der Waals surface area contributed by atoms with Gasteiger partial charge in [-0.05, 0) is 31.0 Å². The number of benzene rings is 1. The van der Waals surface area contributed by atoms with Crippen molar-refractivity contribution >= 4 is 28.5 Å². The van der Waals surface area contributed by atoms with Gasteiger partial charge in [-0.2, -0.15) is 0 Å². The average Bonchev–Trinajstić information content (AvgIpc) is 2.64. The second kappa shape index (κ2) is 4.29. The minimum absolute atomic E-state index is 0.110. The van der Waals surface area contributed by atoms with Crippen molar-refractivity contribution in [3.63, 3.8) is 0 Å². The first-order chi connectivity index (χ1) is 7.65. The van der Waals surface area contributed by atoms with Crippen LogP contribution in [0.5, 0.6) is 0 Å². The Morgan fingerprint density at radius 1 is 1.38 bits per heavy atom. The maximum absolute atomic E-state index is 11.8. The fraction of sp³-hybridized carbons (Fsp3) is 0.333. The first kappa shape index (κ1) is 11.2. The lowest BCUT2D eigenvalue weighted by atomic mass is 10.1. The van der Waals surface area contributed by atoms with Gasteiger partial charge in [0, 0.05) is 7.05 Å². The van der Waals surface area contributed by atoms with Crippen molar-refractivity contribution in [3.8, 4) is 0 Å². The third kappa shape index (κ3) is 1.73. The summed E-state index contributed by atoms with van der Waals surface area (Å²) in [5.74, 6) is 0.597. The minimum atomic E-state index is 0.110. The topological polar surface area (TPSA) is 32.7 Å². The average molecular weight is 234 g/mol. The van der Waals surface area contributed by atoms with E-state index in [0.717, 1.165) is 16.4 Å². The summed E-state index contributed by atoms with van der Waals surface area (Å²) in [5.41, 5.74) is 3.28. The van der Waals surface area contributed by atoms with Gasteiger partial charge < -0.3 is 0 Å². The number of carbonyl (C=O) groups excluding carboxylic acids is 1. The molecule has 0 aromatic heterocycles. The van der Waals surface area contributed by atoms with Crippen molar-refractivity contribution in [1.29, 1.82) is 0 Å². The summed E-state index contributed by atoms with van der Waals surface area (Å²) >= 11 is 1.49. The van der Waals surface area contributed by atoms with E-state index in [1.165, 1.54) is 17.3 Å². The highest BCUT2D eigenvalue weighted by Gasteiger charge is 2.30. The summed E-state index contributed by atoms with van der Waals surface area (Å²) in [7, 11) is 1.72. The SMILES string of the molecule is C/N=C1\SCC(=O)N1c1cccc(C)c1C. The second-order valence-electron chi connectivity index (χ2n) is 3.74. The Balaban J connectivity index is 2.51. The molecule has 1 amide bonds. The number of aryl methyl sites for hydroxylation is 1. The van der Waals surface area contributed by atoms with E-state index >= 15 is 0 Å². The van der Waals surface area contributed by atoms with Crippen LogP contribution in [0.15, 0.2) is 23.2 Å². The van der Waals surface area contributed by atoms with Gasteiger partial charge in [-0.15, -0.1) is 0 Å². The van der Waals surface area contributed by atoms with Crippen LogP contribution in [0.4, 0.5) is 5.69 Å². The molecule has 1 fully saturated rings. The number of aliphatic imine (C=N–C) groups is 1. The van der Waals surface area contributed by atoms with Gasteiger partial charge in [-0.3, -0.25) is 14.7 Å². The molecule has 0 atom stereocenters. The highest BCUT2D eigenvalue weighted by molar-refractivity contribution is 8.15. The van der Waals surface area contributed by atoms with Crippen LogP contribution >= 0.6 is 11.8 Å². The van der Waals surface area contributed by atoms with Gasteiger partial charge in [0.05, 0.1) is 11.4 Å². The molecule has 84 valence electrons. The number of rotatable bonds is 1. The molecule has 1 aliphatic heterocycles. The molecule has 0 unspecified atom stereocenters. The number of amides is 1. The van der Waals surface area contributed by atoms with E-state index in [1.807, 2.05) is 19.1 Å². The van der Waals surface area contributed by atoms with E-state index in [2.05, 4.69) is 18.0 Å². The van der Waals surface area contributed by atoms with Crippen LogP contribution in [-0.4, -0.2) is 23.9 Å². The zero-order chi connectivity index (χ0) is 11.7. The Kier molecular flexibility index (Phi) is 3.01. The zero-order valence-corrected chi connectivity index (χ0v) is 10.5.